The van der Waals surface area contributed by atoms with Gasteiger partial charge in [0.25, 0.3) is 5.91 Å². The van der Waals surface area contributed by atoms with E-state index in [9.17, 15) is 14.9 Å². The molecular formula is C20H20ClN3O3S. The Morgan fingerprint density at radius 1 is 1.36 bits per heavy atom. The van der Waals surface area contributed by atoms with Crippen molar-refractivity contribution in [3.05, 3.63) is 40.4 Å². The number of carbonyl (C=O) groups is 2. The van der Waals surface area contributed by atoms with Crippen LogP contribution in [0.4, 0.5) is 0 Å². The first-order valence-corrected chi connectivity index (χ1v) is 10.3. The van der Waals surface area contributed by atoms with Gasteiger partial charge in [0.1, 0.15) is 10.5 Å². The van der Waals surface area contributed by atoms with E-state index in [4.69, 9.17) is 16.3 Å². The van der Waals surface area contributed by atoms with Crippen molar-refractivity contribution < 1.29 is 14.3 Å². The van der Waals surface area contributed by atoms with Gasteiger partial charge in [0, 0.05) is 16.0 Å². The highest BCUT2D eigenvalue weighted by atomic mass is 35.5. The second-order valence-corrected chi connectivity index (χ2v) is 8.13. The summed E-state index contributed by atoms with van der Waals surface area (Å²) in [5.74, 6) is -1.15. The Morgan fingerprint density at radius 2 is 2.11 bits per heavy atom. The van der Waals surface area contributed by atoms with E-state index in [1.807, 2.05) is 6.07 Å². The zero-order valence-corrected chi connectivity index (χ0v) is 17.0. The second-order valence-electron chi connectivity index (χ2n) is 6.84. The van der Waals surface area contributed by atoms with Gasteiger partial charge in [-0.05, 0) is 31.9 Å². The molecule has 0 aliphatic heterocycles. The number of ether oxygens (including phenoxy) is 1. The van der Waals surface area contributed by atoms with Gasteiger partial charge in [-0.3, -0.25) is 4.79 Å². The molecule has 1 aromatic carbocycles. The Labute approximate surface area is 172 Å². The first-order valence-electron chi connectivity index (χ1n) is 9.08. The standard InChI is InChI=1S/C20H20ClN3O3S/c1-13(17(25)24-20(12-22)8-3-2-4-9-20)27-19(26)16-11-28-18(23-16)14-6-5-7-15(21)10-14/h5-7,10-11,13H,2-4,8-9H2,1H3,(H,24,25). The summed E-state index contributed by atoms with van der Waals surface area (Å²) < 4.78 is 5.26. The number of hydrogen-bond acceptors (Lipinski definition) is 6. The van der Waals surface area contributed by atoms with E-state index in [0.717, 1.165) is 24.8 Å². The van der Waals surface area contributed by atoms with Gasteiger partial charge in [-0.15, -0.1) is 11.3 Å². The number of nitrogens with zero attached hydrogens (tertiary/aromatic N) is 2. The average molecular weight is 418 g/mol. The molecule has 2 aromatic rings. The van der Waals surface area contributed by atoms with Gasteiger partial charge in [-0.1, -0.05) is 43.0 Å². The topological polar surface area (TPSA) is 92.1 Å². The maximum atomic E-state index is 12.4. The lowest BCUT2D eigenvalue weighted by molar-refractivity contribution is -0.130. The molecule has 6 nitrogen and oxygen atoms in total. The van der Waals surface area contributed by atoms with Crippen molar-refractivity contribution in [2.24, 2.45) is 0 Å². The molecule has 1 unspecified atom stereocenters. The van der Waals surface area contributed by atoms with E-state index in [1.54, 1.807) is 23.6 Å². The SMILES string of the molecule is CC(OC(=O)c1csc(-c2cccc(Cl)c2)n1)C(=O)NC1(C#N)CCCCC1. The third-order valence-electron chi connectivity index (χ3n) is 4.72. The highest BCUT2D eigenvalue weighted by Gasteiger charge is 2.35. The van der Waals surface area contributed by atoms with Gasteiger partial charge >= 0.3 is 5.97 Å². The number of benzene rings is 1. The lowest BCUT2D eigenvalue weighted by atomic mass is 9.83. The summed E-state index contributed by atoms with van der Waals surface area (Å²) in [7, 11) is 0. The maximum absolute atomic E-state index is 12.4. The van der Waals surface area contributed by atoms with Crippen LogP contribution >= 0.6 is 22.9 Å². The molecule has 8 heteroatoms. The summed E-state index contributed by atoms with van der Waals surface area (Å²) in [6.45, 7) is 1.49. The molecule has 0 radical (unpaired) electrons. The largest absolute Gasteiger partial charge is 0.448 e. The number of aromatic nitrogens is 1. The third kappa shape index (κ3) is 4.70. The minimum Gasteiger partial charge on any atom is -0.448 e. The summed E-state index contributed by atoms with van der Waals surface area (Å²) in [5, 5.41) is 15.0. The summed E-state index contributed by atoms with van der Waals surface area (Å²) in [6.07, 6.45) is 3.06. The molecule has 1 heterocycles. The number of esters is 1. The zero-order chi connectivity index (χ0) is 20.1. The molecule has 1 N–H and O–H groups in total. The van der Waals surface area contributed by atoms with E-state index >= 15 is 0 Å². The highest BCUT2D eigenvalue weighted by molar-refractivity contribution is 7.13. The fourth-order valence-corrected chi connectivity index (χ4v) is 4.13. The molecule has 1 fully saturated rings. The Bertz CT molecular complexity index is 915. The van der Waals surface area contributed by atoms with Crippen molar-refractivity contribution in [3.8, 4) is 16.6 Å². The fraction of sp³-hybridized carbons (Fsp3) is 0.400. The van der Waals surface area contributed by atoms with Crippen LogP contribution < -0.4 is 5.32 Å². The van der Waals surface area contributed by atoms with Crippen LogP contribution in [0.2, 0.25) is 5.02 Å². The van der Waals surface area contributed by atoms with E-state index in [0.29, 0.717) is 22.9 Å². The van der Waals surface area contributed by atoms with E-state index in [1.165, 1.54) is 18.3 Å². The monoisotopic (exact) mass is 417 g/mol. The van der Waals surface area contributed by atoms with Gasteiger partial charge < -0.3 is 10.1 Å². The molecule has 0 saturated heterocycles. The van der Waals surface area contributed by atoms with Crippen molar-refractivity contribution in [1.82, 2.24) is 10.3 Å². The number of carbonyl (C=O) groups excluding carboxylic acids is 2. The predicted molar refractivity (Wildman–Crippen MR) is 107 cm³/mol. The van der Waals surface area contributed by atoms with Crippen molar-refractivity contribution in [2.75, 3.05) is 0 Å². The Kier molecular flexibility index (Phi) is 6.32. The maximum Gasteiger partial charge on any atom is 0.358 e. The zero-order valence-electron chi connectivity index (χ0n) is 15.4. The Balaban J connectivity index is 1.63. The number of halogens is 1. The number of nitriles is 1. The molecule has 1 aromatic heterocycles. The van der Waals surface area contributed by atoms with Crippen LogP contribution in [0.1, 0.15) is 49.5 Å². The number of amides is 1. The quantitative estimate of drug-likeness (QED) is 0.730. The number of hydrogen-bond donors (Lipinski definition) is 1. The van der Waals surface area contributed by atoms with E-state index in [-0.39, 0.29) is 5.69 Å². The number of thiazole rings is 1. The van der Waals surface area contributed by atoms with Gasteiger partial charge in [-0.25, -0.2) is 9.78 Å². The number of nitrogens with one attached hydrogen (secondary N) is 1. The Morgan fingerprint density at radius 3 is 2.79 bits per heavy atom. The van der Waals surface area contributed by atoms with Crippen molar-refractivity contribution >= 4 is 34.8 Å². The molecule has 1 aliphatic rings. The average Bonchev–Trinajstić information content (AvgIpc) is 3.19. The van der Waals surface area contributed by atoms with Gasteiger partial charge in [0.2, 0.25) is 0 Å². The van der Waals surface area contributed by atoms with Crippen LogP contribution in [0.5, 0.6) is 0 Å². The van der Waals surface area contributed by atoms with Crippen LogP contribution in [0.3, 0.4) is 0 Å². The molecule has 146 valence electrons. The third-order valence-corrected chi connectivity index (χ3v) is 5.85. The first-order chi connectivity index (χ1) is 13.4. The smallest absolute Gasteiger partial charge is 0.358 e. The molecular weight excluding hydrogens is 398 g/mol. The van der Waals surface area contributed by atoms with Crippen LogP contribution in [-0.4, -0.2) is 28.5 Å². The minimum atomic E-state index is -1.02. The fourth-order valence-electron chi connectivity index (χ4n) is 3.15. The van der Waals surface area contributed by atoms with Crippen molar-refractivity contribution in [2.45, 2.75) is 50.7 Å². The lowest BCUT2D eigenvalue weighted by Crippen LogP contribution is -2.52. The lowest BCUT2D eigenvalue weighted by Gasteiger charge is -2.32. The summed E-state index contributed by atoms with van der Waals surface area (Å²) >= 11 is 7.28. The van der Waals surface area contributed by atoms with Crippen LogP contribution in [-0.2, 0) is 9.53 Å². The molecule has 0 spiro atoms. The predicted octanol–water partition coefficient (Wildman–Crippen LogP) is 4.35. The van der Waals surface area contributed by atoms with Gasteiger partial charge in [-0.2, -0.15) is 5.26 Å². The summed E-state index contributed by atoms with van der Waals surface area (Å²) in [5.41, 5.74) is 0.0685. The molecule has 1 atom stereocenters. The van der Waals surface area contributed by atoms with Crippen molar-refractivity contribution in [3.63, 3.8) is 0 Å². The van der Waals surface area contributed by atoms with Crippen LogP contribution in [0.15, 0.2) is 29.6 Å². The summed E-state index contributed by atoms with van der Waals surface area (Å²) in [6, 6.07) is 9.39. The van der Waals surface area contributed by atoms with Crippen molar-refractivity contribution in [1.29, 1.82) is 5.26 Å². The van der Waals surface area contributed by atoms with E-state index < -0.39 is 23.5 Å². The van der Waals surface area contributed by atoms with Crippen LogP contribution in [0, 0.1) is 11.3 Å². The molecule has 0 bridgehead atoms. The normalized spacial score (nSPS) is 16.6. The number of rotatable bonds is 5. The molecule has 1 saturated carbocycles. The molecule has 28 heavy (non-hydrogen) atoms. The minimum absolute atomic E-state index is 0.132. The molecule has 3 rings (SSSR count). The highest BCUT2D eigenvalue weighted by Crippen LogP contribution is 2.28. The molecule has 1 amide bonds. The van der Waals surface area contributed by atoms with Crippen LogP contribution in [0.25, 0.3) is 10.6 Å². The summed E-state index contributed by atoms with van der Waals surface area (Å²) in [4.78, 5) is 29.1. The first kappa shape index (κ1) is 20.3. The Hall–Kier alpha value is -2.43. The second kappa shape index (κ2) is 8.72. The van der Waals surface area contributed by atoms with Gasteiger partial charge in [0.15, 0.2) is 11.8 Å². The molecule has 1 aliphatic carbocycles. The van der Waals surface area contributed by atoms with E-state index in [2.05, 4.69) is 16.4 Å². The van der Waals surface area contributed by atoms with Gasteiger partial charge in [0.05, 0.1) is 6.07 Å².